The minimum absolute atomic E-state index is 0.229. The second-order valence-corrected chi connectivity index (χ2v) is 6.37. The summed E-state index contributed by atoms with van der Waals surface area (Å²) in [5, 5.41) is 10.0. The first-order valence-corrected chi connectivity index (χ1v) is 7.27. The van der Waals surface area contributed by atoms with Gasteiger partial charge in [0.05, 0.1) is 29.5 Å². The zero-order valence-electron chi connectivity index (χ0n) is 13.0. The van der Waals surface area contributed by atoms with Gasteiger partial charge in [0.15, 0.2) is 0 Å². The fraction of sp³-hybridized carbons (Fsp3) is 0.278. The molecule has 1 heterocycles. The van der Waals surface area contributed by atoms with Crippen LogP contribution in [0.4, 0.5) is 4.39 Å². The van der Waals surface area contributed by atoms with E-state index in [-0.39, 0.29) is 5.82 Å². The molecule has 0 aliphatic rings. The number of aliphatic hydroxyl groups is 1. The average Bonchev–Trinajstić information content (AvgIpc) is 2.79. The van der Waals surface area contributed by atoms with Gasteiger partial charge in [-0.1, -0.05) is 18.2 Å². The third-order valence-electron chi connectivity index (χ3n) is 3.61. The van der Waals surface area contributed by atoms with Crippen LogP contribution in [-0.4, -0.2) is 20.3 Å². The summed E-state index contributed by atoms with van der Waals surface area (Å²) in [5.41, 5.74) is 3.17. The van der Waals surface area contributed by atoms with Crippen LogP contribution >= 0.6 is 0 Å². The maximum Gasteiger partial charge on any atom is 0.131 e. The molecule has 4 heteroatoms. The van der Waals surface area contributed by atoms with Crippen molar-refractivity contribution < 1.29 is 9.50 Å². The Morgan fingerprint density at radius 3 is 2.64 bits per heavy atom. The Hall–Kier alpha value is -2.20. The number of aryl methyl sites for hydroxylation is 1. The van der Waals surface area contributed by atoms with Crippen molar-refractivity contribution in [1.29, 1.82) is 0 Å². The molecule has 0 atom stereocenters. The summed E-state index contributed by atoms with van der Waals surface area (Å²) in [7, 11) is 0. The summed E-state index contributed by atoms with van der Waals surface area (Å²) >= 11 is 0. The smallest absolute Gasteiger partial charge is 0.131 e. The van der Waals surface area contributed by atoms with E-state index < -0.39 is 5.60 Å². The summed E-state index contributed by atoms with van der Waals surface area (Å²) in [6.07, 6.45) is 1.71. The van der Waals surface area contributed by atoms with Crippen LogP contribution in [-0.2, 0) is 6.54 Å². The highest BCUT2D eigenvalue weighted by atomic mass is 19.1. The van der Waals surface area contributed by atoms with E-state index in [1.165, 1.54) is 6.07 Å². The van der Waals surface area contributed by atoms with Gasteiger partial charge in [0, 0.05) is 5.56 Å². The van der Waals surface area contributed by atoms with Gasteiger partial charge in [-0.15, -0.1) is 0 Å². The number of imidazole rings is 1. The normalized spacial score (nSPS) is 12.0. The van der Waals surface area contributed by atoms with Gasteiger partial charge in [0.25, 0.3) is 0 Å². The third kappa shape index (κ3) is 2.88. The standard InChI is InChI=1S/C18H19FN2O/c1-12-4-6-14(15(19)8-12)13-5-7-16-17(9-13)21(11-20-16)10-18(2,3)22/h4-9,11,22H,10H2,1-3H3. The lowest BCUT2D eigenvalue weighted by atomic mass is 10.0. The predicted molar refractivity (Wildman–Crippen MR) is 86.2 cm³/mol. The molecule has 0 unspecified atom stereocenters. The van der Waals surface area contributed by atoms with Gasteiger partial charge in [-0.05, 0) is 50.1 Å². The largest absolute Gasteiger partial charge is 0.389 e. The summed E-state index contributed by atoms with van der Waals surface area (Å²) in [6, 6.07) is 10.9. The van der Waals surface area contributed by atoms with Crippen molar-refractivity contribution >= 4 is 11.0 Å². The average molecular weight is 298 g/mol. The Labute approximate surface area is 129 Å². The van der Waals surface area contributed by atoms with E-state index in [0.29, 0.717) is 12.1 Å². The molecule has 0 amide bonds. The van der Waals surface area contributed by atoms with Crippen molar-refractivity contribution in [2.45, 2.75) is 32.9 Å². The molecule has 2 aromatic carbocycles. The van der Waals surface area contributed by atoms with E-state index in [2.05, 4.69) is 4.98 Å². The minimum Gasteiger partial charge on any atom is -0.389 e. The molecule has 0 saturated carbocycles. The van der Waals surface area contributed by atoms with Crippen LogP contribution in [0.15, 0.2) is 42.7 Å². The monoisotopic (exact) mass is 298 g/mol. The molecule has 0 bridgehead atoms. The van der Waals surface area contributed by atoms with Gasteiger partial charge in [0.2, 0.25) is 0 Å². The summed E-state index contributed by atoms with van der Waals surface area (Å²) in [4.78, 5) is 4.33. The highest BCUT2D eigenvalue weighted by molar-refractivity contribution is 5.82. The first kappa shape index (κ1) is 14.7. The quantitative estimate of drug-likeness (QED) is 0.796. The summed E-state index contributed by atoms with van der Waals surface area (Å²) in [6.45, 7) is 5.81. The minimum atomic E-state index is -0.835. The molecule has 0 aliphatic carbocycles. The van der Waals surface area contributed by atoms with E-state index in [0.717, 1.165) is 22.2 Å². The zero-order chi connectivity index (χ0) is 15.9. The summed E-state index contributed by atoms with van der Waals surface area (Å²) < 4.78 is 16.1. The van der Waals surface area contributed by atoms with Crippen LogP contribution in [0, 0.1) is 12.7 Å². The molecule has 3 aromatic rings. The number of benzene rings is 2. The van der Waals surface area contributed by atoms with E-state index >= 15 is 0 Å². The Morgan fingerprint density at radius 1 is 1.18 bits per heavy atom. The van der Waals surface area contributed by atoms with Gasteiger partial charge in [-0.3, -0.25) is 0 Å². The highest BCUT2D eigenvalue weighted by Crippen LogP contribution is 2.27. The van der Waals surface area contributed by atoms with Crippen molar-refractivity contribution in [2.24, 2.45) is 0 Å². The van der Waals surface area contributed by atoms with Crippen LogP contribution in [0.1, 0.15) is 19.4 Å². The van der Waals surface area contributed by atoms with Crippen LogP contribution in [0.3, 0.4) is 0 Å². The molecule has 22 heavy (non-hydrogen) atoms. The number of nitrogens with zero attached hydrogens (tertiary/aromatic N) is 2. The maximum absolute atomic E-state index is 14.2. The number of halogens is 1. The van der Waals surface area contributed by atoms with Crippen LogP contribution < -0.4 is 0 Å². The number of rotatable bonds is 3. The molecule has 0 radical (unpaired) electrons. The molecule has 1 aromatic heterocycles. The Morgan fingerprint density at radius 2 is 1.95 bits per heavy atom. The first-order valence-electron chi connectivity index (χ1n) is 7.27. The van der Waals surface area contributed by atoms with Crippen molar-refractivity contribution in [3.05, 3.63) is 54.1 Å². The SMILES string of the molecule is Cc1ccc(-c2ccc3ncn(CC(C)(C)O)c3c2)c(F)c1. The van der Waals surface area contributed by atoms with E-state index in [1.807, 2.05) is 35.8 Å². The molecular formula is C18H19FN2O. The second kappa shape index (κ2) is 5.21. The lowest BCUT2D eigenvalue weighted by Gasteiger charge is -2.18. The van der Waals surface area contributed by atoms with Gasteiger partial charge >= 0.3 is 0 Å². The fourth-order valence-corrected chi connectivity index (χ4v) is 2.62. The number of fused-ring (bicyclic) bond motifs is 1. The topological polar surface area (TPSA) is 38.0 Å². The van der Waals surface area contributed by atoms with Gasteiger partial charge in [-0.25, -0.2) is 9.37 Å². The number of aromatic nitrogens is 2. The Balaban J connectivity index is 2.10. The number of hydrogen-bond donors (Lipinski definition) is 1. The Bertz CT molecular complexity index is 831. The molecule has 114 valence electrons. The molecule has 0 spiro atoms. The lowest BCUT2D eigenvalue weighted by molar-refractivity contribution is 0.0627. The van der Waals surface area contributed by atoms with Crippen LogP contribution in [0.2, 0.25) is 0 Å². The fourth-order valence-electron chi connectivity index (χ4n) is 2.62. The second-order valence-electron chi connectivity index (χ2n) is 6.37. The molecule has 0 aliphatic heterocycles. The first-order chi connectivity index (χ1) is 10.3. The highest BCUT2D eigenvalue weighted by Gasteiger charge is 2.16. The molecule has 1 N–H and O–H groups in total. The van der Waals surface area contributed by atoms with Crippen molar-refractivity contribution in [2.75, 3.05) is 0 Å². The number of hydrogen-bond acceptors (Lipinski definition) is 2. The van der Waals surface area contributed by atoms with E-state index in [9.17, 15) is 9.50 Å². The van der Waals surface area contributed by atoms with E-state index in [1.54, 1.807) is 26.2 Å². The maximum atomic E-state index is 14.2. The van der Waals surface area contributed by atoms with Crippen molar-refractivity contribution in [1.82, 2.24) is 9.55 Å². The summed E-state index contributed by atoms with van der Waals surface area (Å²) in [5.74, 6) is -0.229. The van der Waals surface area contributed by atoms with Crippen molar-refractivity contribution in [3.8, 4) is 11.1 Å². The molecular weight excluding hydrogens is 279 g/mol. The van der Waals surface area contributed by atoms with Crippen molar-refractivity contribution in [3.63, 3.8) is 0 Å². The lowest BCUT2D eigenvalue weighted by Crippen LogP contribution is -2.25. The Kier molecular flexibility index (Phi) is 3.49. The molecule has 3 rings (SSSR count). The van der Waals surface area contributed by atoms with Gasteiger partial charge < -0.3 is 9.67 Å². The van der Waals surface area contributed by atoms with Gasteiger partial charge in [-0.2, -0.15) is 0 Å². The zero-order valence-corrected chi connectivity index (χ0v) is 13.0. The van der Waals surface area contributed by atoms with E-state index in [4.69, 9.17) is 0 Å². The van der Waals surface area contributed by atoms with Crippen LogP contribution in [0.5, 0.6) is 0 Å². The molecule has 3 nitrogen and oxygen atoms in total. The third-order valence-corrected chi connectivity index (χ3v) is 3.61. The molecule has 0 fully saturated rings. The van der Waals surface area contributed by atoms with Gasteiger partial charge in [0.1, 0.15) is 5.82 Å². The molecule has 0 saturated heterocycles. The van der Waals surface area contributed by atoms with Crippen LogP contribution in [0.25, 0.3) is 22.2 Å². The predicted octanol–water partition coefficient (Wildman–Crippen LogP) is 3.92.